The fourth-order valence-corrected chi connectivity index (χ4v) is 1.27. The summed E-state index contributed by atoms with van der Waals surface area (Å²) >= 11 is 1.03. The van der Waals surface area contributed by atoms with Crippen molar-refractivity contribution in [3.8, 4) is 0 Å². The lowest BCUT2D eigenvalue weighted by molar-refractivity contribution is 0.269. The molecule has 0 bridgehead atoms. The molecule has 0 saturated carbocycles. The molecular weight excluding hydrogens is 208 g/mol. The SMILES string of the molecule is Nc1nonc1NC(=O)SCCCO. The lowest BCUT2D eigenvalue weighted by Crippen LogP contribution is -2.08. The summed E-state index contributed by atoms with van der Waals surface area (Å²) < 4.78 is 4.28. The van der Waals surface area contributed by atoms with Gasteiger partial charge in [0.1, 0.15) is 0 Å². The molecule has 0 unspecified atom stereocenters. The number of hydrogen-bond donors (Lipinski definition) is 3. The molecule has 0 aromatic carbocycles. The summed E-state index contributed by atoms with van der Waals surface area (Å²) in [6, 6.07) is 0. The van der Waals surface area contributed by atoms with Crippen LogP contribution in [0.25, 0.3) is 0 Å². The maximum Gasteiger partial charge on any atom is 0.284 e. The second-order valence-electron chi connectivity index (χ2n) is 2.34. The van der Waals surface area contributed by atoms with Gasteiger partial charge in [0.2, 0.25) is 11.6 Å². The number of thioether (sulfide) groups is 1. The van der Waals surface area contributed by atoms with Gasteiger partial charge in [-0.25, -0.2) is 4.63 Å². The number of nitrogens with zero attached hydrogens (tertiary/aromatic N) is 2. The first-order valence-corrected chi connectivity index (χ1v) is 4.85. The number of amides is 1. The maximum absolute atomic E-state index is 11.1. The minimum absolute atomic E-state index is 0.0427. The average molecular weight is 218 g/mol. The fraction of sp³-hybridized carbons (Fsp3) is 0.500. The van der Waals surface area contributed by atoms with Gasteiger partial charge in [0.25, 0.3) is 5.24 Å². The largest absolute Gasteiger partial charge is 0.396 e. The van der Waals surface area contributed by atoms with E-state index in [-0.39, 0.29) is 23.5 Å². The van der Waals surface area contributed by atoms with Gasteiger partial charge in [-0.1, -0.05) is 11.8 Å². The Morgan fingerprint density at radius 3 is 3.00 bits per heavy atom. The van der Waals surface area contributed by atoms with E-state index in [4.69, 9.17) is 10.8 Å². The molecule has 0 atom stereocenters. The van der Waals surface area contributed by atoms with E-state index in [1.165, 1.54) is 0 Å². The van der Waals surface area contributed by atoms with Crippen LogP contribution in [0.5, 0.6) is 0 Å². The Labute approximate surface area is 84.0 Å². The third-order valence-corrected chi connectivity index (χ3v) is 2.13. The number of anilines is 2. The van der Waals surface area contributed by atoms with Crippen LogP contribution in [0.15, 0.2) is 4.63 Å². The first kappa shape index (κ1) is 10.8. The Morgan fingerprint density at radius 1 is 1.64 bits per heavy atom. The zero-order valence-electron chi connectivity index (χ0n) is 7.27. The van der Waals surface area contributed by atoms with Crippen LogP contribution in [0.2, 0.25) is 0 Å². The summed E-state index contributed by atoms with van der Waals surface area (Å²) in [5.74, 6) is 0.695. The van der Waals surface area contributed by atoms with Crippen LogP contribution in [0, 0.1) is 0 Å². The Balaban J connectivity index is 2.31. The molecule has 1 aromatic heterocycles. The van der Waals surface area contributed by atoms with Crippen molar-refractivity contribution in [3.63, 3.8) is 0 Å². The number of nitrogens with one attached hydrogen (secondary N) is 1. The Hall–Kier alpha value is -1.28. The summed E-state index contributed by atoms with van der Waals surface area (Å²) in [6.45, 7) is 0.0634. The van der Waals surface area contributed by atoms with Gasteiger partial charge >= 0.3 is 0 Å². The maximum atomic E-state index is 11.1. The summed E-state index contributed by atoms with van der Waals surface area (Å²) in [5.41, 5.74) is 5.31. The monoisotopic (exact) mass is 218 g/mol. The summed E-state index contributed by atoms with van der Waals surface area (Å²) in [5, 5.41) is 17.2. The number of aromatic nitrogens is 2. The molecule has 1 rings (SSSR count). The highest BCUT2D eigenvalue weighted by Gasteiger charge is 2.09. The topological polar surface area (TPSA) is 114 Å². The molecule has 0 aliphatic carbocycles. The van der Waals surface area contributed by atoms with Crippen LogP contribution in [0.4, 0.5) is 16.4 Å². The second-order valence-corrected chi connectivity index (χ2v) is 3.40. The highest BCUT2D eigenvalue weighted by molar-refractivity contribution is 8.13. The van der Waals surface area contributed by atoms with Crippen molar-refractivity contribution in [1.29, 1.82) is 0 Å². The molecule has 1 aromatic rings. The predicted molar refractivity (Wildman–Crippen MR) is 51.9 cm³/mol. The van der Waals surface area contributed by atoms with Gasteiger partial charge < -0.3 is 10.8 Å². The van der Waals surface area contributed by atoms with Crippen LogP contribution in [-0.4, -0.2) is 33.0 Å². The van der Waals surface area contributed by atoms with E-state index < -0.39 is 0 Å². The molecule has 1 amide bonds. The van der Waals surface area contributed by atoms with Gasteiger partial charge in [-0.3, -0.25) is 10.1 Å². The highest BCUT2D eigenvalue weighted by atomic mass is 32.2. The van der Waals surface area contributed by atoms with Gasteiger partial charge in [-0.05, 0) is 16.7 Å². The van der Waals surface area contributed by atoms with E-state index in [1.54, 1.807) is 0 Å². The molecule has 0 fully saturated rings. The summed E-state index contributed by atoms with van der Waals surface area (Å²) in [4.78, 5) is 11.1. The minimum Gasteiger partial charge on any atom is -0.396 e. The van der Waals surface area contributed by atoms with Crippen LogP contribution in [-0.2, 0) is 0 Å². The molecule has 0 aliphatic heterocycles. The number of hydrogen-bond acceptors (Lipinski definition) is 7. The molecule has 14 heavy (non-hydrogen) atoms. The minimum atomic E-state index is -0.305. The number of carbonyl (C=O) groups excluding carboxylic acids is 1. The Morgan fingerprint density at radius 2 is 2.43 bits per heavy atom. The van der Waals surface area contributed by atoms with E-state index >= 15 is 0 Å². The highest BCUT2D eigenvalue weighted by Crippen LogP contribution is 2.14. The van der Waals surface area contributed by atoms with E-state index in [2.05, 4.69) is 20.3 Å². The third-order valence-electron chi connectivity index (χ3n) is 1.27. The smallest absolute Gasteiger partial charge is 0.284 e. The number of aliphatic hydroxyl groups is 1. The summed E-state index contributed by atoms with van der Waals surface area (Å²) in [7, 11) is 0. The van der Waals surface area contributed by atoms with Gasteiger partial charge in [0.15, 0.2) is 0 Å². The molecule has 7 nitrogen and oxygen atoms in total. The van der Waals surface area contributed by atoms with Crippen molar-refractivity contribution in [3.05, 3.63) is 0 Å². The molecule has 0 spiro atoms. The molecular formula is C6H10N4O3S. The number of aliphatic hydroxyl groups excluding tert-OH is 1. The van der Waals surface area contributed by atoms with Gasteiger partial charge in [-0.15, -0.1) is 0 Å². The van der Waals surface area contributed by atoms with Gasteiger partial charge in [0.05, 0.1) is 0 Å². The molecule has 0 aliphatic rings. The van der Waals surface area contributed by atoms with E-state index in [0.29, 0.717) is 12.2 Å². The van der Waals surface area contributed by atoms with E-state index in [0.717, 1.165) is 11.8 Å². The first-order valence-electron chi connectivity index (χ1n) is 3.86. The number of nitrogens with two attached hydrogens (primary N) is 1. The molecule has 4 N–H and O–H groups in total. The van der Waals surface area contributed by atoms with Crippen molar-refractivity contribution in [2.45, 2.75) is 6.42 Å². The summed E-state index contributed by atoms with van der Waals surface area (Å²) in [6.07, 6.45) is 0.560. The molecule has 0 saturated heterocycles. The van der Waals surface area contributed by atoms with E-state index in [1.807, 2.05) is 0 Å². The van der Waals surface area contributed by atoms with Crippen molar-refractivity contribution < 1.29 is 14.5 Å². The number of nitrogen functional groups attached to an aromatic ring is 1. The normalized spacial score (nSPS) is 10.1. The molecule has 1 heterocycles. The fourth-order valence-electron chi connectivity index (χ4n) is 0.644. The lowest BCUT2D eigenvalue weighted by atomic mass is 10.5. The molecule has 8 heteroatoms. The predicted octanol–water partition coefficient (Wildman–Crippen LogP) is 0.299. The number of rotatable bonds is 4. The zero-order chi connectivity index (χ0) is 10.4. The Bertz CT molecular complexity index is 303. The third kappa shape index (κ3) is 3.23. The van der Waals surface area contributed by atoms with Gasteiger partial charge in [-0.2, -0.15) is 0 Å². The van der Waals surface area contributed by atoms with Crippen molar-refractivity contribution in [2.24, 2.45) is 0 Å². The first-order chi connectivity index (χ1) is 6.74. The van der Waals surface area contributed by atoms with Crippen LogP contribution in [0.3, 0.4) is 0 Å². The van der Waals surface area contributed by atoms with Crippen LogP contribution >= 0.6 is 11.8 Å². The van der Waals surface area contributed by atoms with Crippen LogP contribution < -0.4 is 11.1 Å². The average Bonchev–Trinajstić information content (AvgIpc) is 2.52. The van der Waals surface area contributed by atoms with Gasteiger partial charge in [0, 0.05) is 12.4 Å². The second kappa shape index (κ2) is 5.45. The Kier molecular flexibility index (Phi) is 4.20. The molecule has 78 valence electrons. The van der Waals surface area contributed by atoms with Crippen molar-refractivity contribution >= 4 is 28.6 Å². The number of carbonyl (C=O) groups is 1. The van der Waals surface area contributed by atoms with Crippen molar-refractivity contribution in [2.75, 3.05) is 23.4 Å². The quantitative estimate of drug-likeness (QED) is 0.622. The van der Waals surface area contributed by atoms with Crippen LogP contribution in [0.1, 0.15) is 6.42 Å². The lowest BCUT2D eigenvalue weighted by Gasteiger charge is -1.99. The standard InChI is InChI=1S/C6H10N4O3S/c7-4-5(10-13-9-4)8-6(12)14-3-1-2-11/h11H,1-3H2,(H2,7,9)(H,8,10,12). The molecule has 0 radical (unpaired) electrons. The van der Waals surface area contributed by atoms with Crippen molar-refractivity contribution in [1.82, 2.24) is 10.3 Å². The van der Waals surface area contributed by atoms with E-state index in [9.17, 15) is 4.79 Å². The zero-order valence-corrected chi connectivity index (χ0v) is 8.08.